The Bertz CT molecular complexity index is 877. The summed E-state index contributed by atoms with van der Waals surface area (Å²) in [5, 5.41) is 7.39. The normalized spacial score (nSPS) is 10.9. The van der Waals surface area contributed by atoms with Crippen LogP contribution in [0.15, 0.2) is 46.6 Å². The molecule has 30 heavy (non-hydrogen) atoms. The first kappa shape index (κ1) is 22.6. The summed E-state index contributed by atoms with van der Waals surface area (Å²) in [4.78, 5) is 23.4. The third-order valence-electron chi connectivity index (χ3n) is 3.97. The molecule has 0 saturated carbocycles. The average molecular weight is 410 g/mol. The van der Waals surface area contributed by atoms with Crippen molar-refractivity contribution in [1.29, 1.82) is 0 Å². The smallest absolute Gasteiger partial charge is 0.277 e. The molecule has 2 amide bonds. The van der Waals surface area contributed by atoms with Crippen LogP contribution in [0.3, 0.4) is 0 Å². The molecule has 0 aromatic heterocycles. The molecule has 8 heteroatoms. The van der Waals surface area contributed by atoms with E-state index in [0.29, 0.717) is 11.5 Å². The van der Waals surface area contributed by atoms with Crippen LogP contribution >= 0.6 is 0 Å². The molecule has 0 radical (unpaired) electrons. The average Bonchev–Trinajstić information content (AvgIpc) is 2.69. The molecule has 2 rings (SSSR count). The Kier molecular flexibility index (Phi) is 8.56. The number of aryl methyl sites for hydroxylation is 4. The Labute approximate surface area is 176 Å². The van der Waals surface area contributed by atoms with E-state index < -0.39 is 11.8 Å². The van der Waals surface area contributed by atoms with E-state index in [9.17, 15) is 9.59 Å². The number of nitrogens with one attached hydrogen (secondary N) is 2. The summed E-state index contributed by atoms with van der Waals surface area (Å²) in [5.41, 5.74) is 8.77. The Hall–Kier alpha value is -3.68. The number of carbonyl (C=O) groups is 2. The summed E-state index contributed by atoms with van der Waals surface area (Å²) >= 11 is 0. The largest absolute Gasteiger partial charge is 0.483 e. The molecule has 0 heterocycles. The summed E-state index contributed by atoms with van der Waals surface area (Å²) in [6, 6.07) is 11.4. The van der Waals surface area contributed by atoms with Crippen LogP contribution in [0.1, 0.15) is 22.3 Å². The molecule has 8 nitrogen and oxygen atoms in total. The molecule has 2 aromatic rings. The van der Waals surface area contributed by atoms with Gasteiger partial charge in [-0.05, 0) is 51.0 Å². The molecule has 0 atom stereocenters. The van der Waals surface area contributed by atoms with Gasteiger partial charge in [-0.25, -0.2) is 10.9 Å². The van der Waals surface area contributed by atoms with Crippen LogP contribution in [0.5, 0.6) is 11.5 Å². The second-order valence-corrected chi connectivity index (χ2v) is 6.74. The van der Waals surface area contributed by atoms with E-state index in [2.05, 4.69) is 21.1 Å². The minimum atomic E-state index is -0.412. The molecule has 0 unspecified atom stereocenters. The van der Waals surface area contributed by atoms with Gasteiger partial charge in [0, 0.05) is 0 Å². The molecular weight excluding hydrogens is 384 g/mol. The third-order valence-corrected chi connectivity index (χ3v) is 3.97. The van der Waals surface area contributed by atoms with Gasteiger partial charge in [0.15, 0.2) is 13.2 Å². The molecule has 0 saturated heterocycles. The molecule has 158 valence electrons. The summed E-state index contributed by atoms with van der Waals surface area (Å²) in [7, 11) is 0. The monoisotopic (exact) mass is 410 g/mol. The topological polar surface area (TPSA) is 101 Å². The van der Waals surface area contributed by atoms with Crippen LogP contribution in [0.2, 0.25) is 0 Å². The molecule has 0 bridgehead atoms. The molecule has 2 N–H and O–H groups in total. The van der Waals surface area contributed by atoms with Crippen molar-refractivity contribution in [3.63, 3.8) is 0 Å². The van der Waals surface area contributed by atoms with Crippen molar-refractivity contribution in [2.24, 2.45) is 10.2 Å². The van der Waals surface area contributed by atoms with E-state index in [1.165, 1.54) is 12.4 Å². The second kappa shape index (κ2) is 11.4. The van der Waals surface area contributed by atoms with Crippen molar-refractivity contribution >= 4 is 24.2 Å². The fraction of sp³-hybridized carbons (Fsp3) is 0.273. The van der Waals surface area contributed by atoms with Crippen molar-refractivity contribution in [2.75, 3.05) is 13.2 Å². The number of hydrogen-bond donors (Lipinski definition) is 2. The van der Waals surface area contributed by atoms with Crippen LogP contribution in [0, 0.1) is 27.7 Å². The van der Waals surface area contributed by atoms with Gasteiger partial charge in [-0.15, -0.1) is 0 Å². The summed E-state index contributed by atoms with van der Waals surface area (Å²) in [6.07, 6.45) is 2.47. The maximum Gasteiger partial charge on any atom is 0.277 e. The van der Waals surface area contributed by atoms with Crippen molar-refractivity contribution in [1.82, 2.24) is 10.9 Å². The highest BCUT2D eigenvalue weighted by molar-refractivity contribution is 6.16. The standard InChI is InChI=1S/C22H26N4O4/c1-15-5-7-19(17(3)11-15)29-13-21(27)25-23-9-10-24-26-22(28)14-30-20-8-6-16(2)12-18(20)4/h5-12H,13-14H2,1-4H3,(H,25,27)(H,26,28)/b23-9-,24-10+. The summed E-state index contributed by atoms with van der Waals surface area (Å²) in [6.45, 7) is 7.47. The molecule has 0 spiro atoms. The summed E-state index contributed by atoms with van der Waals surface area (Å²) < 4.78 is 10.9. The van der Waals surface area contributed by atoms with Crippen LogP contribution in [0.4, 0.5) is 0 Å². The predicted octanol–water partition coefficient (Wildman–Crippen LogP) is 2.58. The number of rotatable bonds is 9. The number of nitrogens with zero attached hydrogens (tertiary/aromatic N) is 2. The van der Waals surface area contributed by atoms with Gasteiger partial charge in [0.25, 0.3) is 11.8 Å². The highest BCUT2D eigenvalue weighted by atomic mass is 16.5. The van der Waals surface area contributed by atoms with Crippen molar-refractivity contribution < 1.29 is 19.1 Å². The number of hydrogen-bond acceptors (Lipinski definition) is 6. The number of amides is 2. The predicted molar refractivity (Wildman–Crippen MR) is 116 cm³/mol. The van der Waals surface area contributed by atoms with Gasteiger partial charge in [0.05, 0.1) is 12.4 Å². The highest BCUT2D eigenvalue weighted by Crippen LogP contribution is 2.19. The molecule has 2 aromatic carbocycles. The van der Waals surface area contributed by atoms with Gasteiger partial charge in [-0.2, -0.15) is 10.2 Å². The maximum atomic E-state index is 11.7. The molecule has 0 aliphatic carbocycles. The Balaban J connectivity index is 1.64. The quantitative estimate of drug-likeness (QED) is 0.490. The van der Waals surface area contributed by atoms with Crippen molar-refractivity contribution in [2.45, 2.75) is 27.7 Å². The van der Waals surface area contributed by atoms with E-state index in [1.54, 1.807) is 0 Å². The van der Waals surface area contributed by atoms with Gasteiger partial charge < -0.3 is 9.47 Å². The fourth-order valence-corrected chi connectivity index (χ4v) is 2.56. The van der Waals surface area contributed by atoms with Crippen LogP contribution in [-0.2, 0) is 9.59 Å². The van der Waals surface area contributed by atoms with E-state index in [4.69, 9.17) is 9.47 Å². The van der Waals surface area contributed by atoms with Gasteiger partial charge in [-0.1, -0.05) is 35.4 Å². The molecule has 0 fully saturated rings. The second-order valence-electron chi connectivity index (χ2n) is 6.74. The first-order valence-electron chi connectivity index (χ1n) is 9.37. The highest BCUT2D eigenvalue weighted by Gasteiger charge is 2.05. The Morgan fingerprint density at radius 1 is 0.767 bits per heavy atom. The number of carbonyl (C=O) groups excluding carboxylic acids is 2. The lowest BCUT2D eigenvalue weighted by molar-refractivity contribution is -0.123. The lowest BCUT2D eigenvalue weighted by Gasteiger charge is -2.08. The zero-order chi connectivity index (χ0) is 21.9. The Morgan fingerprint density at radius 3 is 1.53 bits per heavy atom. The van der Waals surface area contributed by atoms with Gasteiger partial charge in [0.2, 0.25) is 0 Å². The van der Waals surface area contributed by atoms with Gasteiger partial charge in [-0.3, -0.25) is 9.59 Å². The fourth-order valence-electron chi connectivity index (χ4n) is 2.56. The molecule has 0 aliphatic heterocycles. The third kappa shape index (κ3) is 7.75. The van der Waals surface area contributed by atoms with Crippen LogP contribution < -0.4 is 20.3 Å². The maximum absolute atomic E-state index is 11.7. The minimum absolute atomic E-state index is 0.162. The van der Waals surface area contributed by atoms with Crippen molar-refractivity contribution in [3.05, 3.63) is 58.7 Å². The van der Waals surface area contributed by atoms with Gasteiger partial charge in [0.1, 0.15) is 11.5 Å². The SMILES string of the molecule is Cc1ccc(OCC(=O)N/N=C\C=N\NC(=O)COc2ccc(C)cc2C)c(C)c1. The first-order valence-corrected chi connectivity index (χ1v) is 9.37. The number of ether oxygens (including phenoxy) is 2. The molecular formula is C22H26N4O4. The zero-order valence-electron chi connectivity index (χ0n) is 17.6. The van der Waals surface area contributed by atoms with E-state index in [-0.39, 0.29) is 13.2 Å². The summed E-state index contributed by atoms with van der Waals surface area (Å²) in [5.74, 6) is 0.468. The lowest BCUT2D eigenvalue weighted by atomic mass is 10.1. The van der Waals surface area contributed by atoms with Gasteiger partial charge >= 0.3 is 0 Å². The van der Waals surface area contributed by atoms with Crippen molar-refractivity contribution in [3.8, 4) is 11.5 Å². The number of hydrazone groups is 2. The van der Waals surface area contributed by atoms with E-state index >= 15 is 0 Å². The van der Waals surface area contributed by atoms with Crippen LogP contribution in [0.25, 0.3) is 0 Å². The Morgan fingerprint density at radius 2 is 1.17 bits per heavy atom. The number of benzene rings is 2. The first-order chi connectivity index (χ1) is 14.3. The lowest BCUT2D eigenvalue weighted by Crippen LogP contribution is -2.25. The molecule has 0 aliphatic rings. The van der Waals surface area contributed by atoms with E-state index in [0.717, 1.165) is 22.3 Å². The van der Waals surface area contributed by atoms with E-state index in [1.807, 2.05) is 64.1 Å². The minimum Gasteiger partial charge on any atom is -0.483 e. The zero-order valence-corrected chi connectivity index (χ0v) is 17.6. The van der Waals surface area contributed by atoms with Crippen LogP contribution in [-0.4, -0.2) is 37.5 Å².